The molecule has 0 unspecified atom stereocenters. The highest BCUT2D eigenvalue weighted by Gasteiger charge is 2.21. The predicted octanol–water partition coefficient (Wildman–Crippen LogP) is 0.00510. The summed E-state index contributed by atoms with van der Waals surface area (Å²) in [5.74, 6) is -1.01. The van der Waals surface area contributed by atoms with Crippen LogP contribution in [-0.2, 0) is 0 Å². The molecule has 0 aromatic carbocycles. The average Bonchev–Trinajstić information content (AvgIpc) is 2.48. The highest BCUT2D eigenvalue weighted by Crippen LogP contribution is 2.20. The lowest BCUT2D eigenvalue weighted by atomic mass is 10.2. The third-order valence-corrected chi connectivity index (χ3v) is 3.25. The van der Waals surface area contributed by atoms with Gasteiger partial charge >= 0.3 is 11.7 Å². The number of anilines is 1. The van der Waals surface area contributed by atoms with Crippen molar-refractivity contribution in [3.8, 4) is 0 Å². The van der Waals surface area contributed by atoms with E-state index in [0.29, 0.717) is 12.4 Å². The number of aromatic carboxylic acids is 1. The van der Waals surface area contributed by atoms with E-state index in [1.165, 1.54) is 6.07 Å². The summed E-state index contributed by atoms with van der Waals surface area (Å²) in [7, 11) is 0. The Hall–Kier alpha value is -2.26. The molecule has 9 heteroatoms. The van der Waals surface area contributed by atoms with Crippen molar-refractivity contribution >= 4 is 17.5 Å². The number of carbonyl (C=O) groups is 1. The van der Waals surface area contributed by atoms with Crippen molar-refractivity contribution in [1.29, 1.82) is 0 Å². The zero-order valence-electron chi connectivity index (χ0n) is 11.4. The Morgan fingerprint density at radius 1 is 1.52 bits per heavy atom. The minimum Gasteiger partial charge on any atom is -0.477 e. The Morgan fingerprint density at radius 3 is 2.86 bits per heavy atom. The number of nitro groups is 1. The van der Waals surface area contributed by atoms with Crippen molar-refractivity contribution in [3.63, 3.8) is 0 Å². The molecule has 1 aliphatic rings. The minimum atomic E-state index is -1.34. The van der Waals surface area contributed by atoms with Crippen LogP contribution in [0.3, 0.4) is 0 Å². The van der Waals surface area contributed by atoms with Gasteiger partial charge < -0.3 is 15.7 Å². The summed E-state index contributed by atoms with van der Waals surface area (Å²) in [6.07, 6.45) is 0.969. The van der Waals surface area contributed by atoms with Crippen LogP contribution >= 0.6 is 0 Å². The monoisotopic (exact) mass is 295 g/mol. The van der Waals surface area contributed by atoms with Crippen LogP contribution in [0.1, 0.15) is 10.4 Å². The van der Waals surface area contributed by atoms with Crippen molar-refractivity contribution in [2.45, 2.75) is 0 Å². The van der Waals surface area contributed by atoms with Gasteiger partial charge in [0.1, 0.15) is 17.6 Å². The first-order chi connectivity index (χ1) is 10.1. The molecular formula is C12H17N5O4. The van der Waals surface area contributed by atoms with Gasteiger partial charge in [0.25, 0.3) is 0 Å². The summed E-state index contributed by atoms with van der Waals surface area (Å²) in [5, 5.41) is 26.0. The molecule has 0 saturated carbocycles. The largest absolute Gasteiger partial charge is 0.477 e. The molecule has 1 fully saturated rings. The van der Waals surface area contributed by atoms with Crippen molar-refractivity contribution in [2.24, 2.45) is 0 Å². The Balaban J connectivity index is 1.95. The maximum Gasteiger partial charge on any atom is 0.342 e. The Bertz CT molecular complexity index is 530. The van der Waals surface area contributed by atoms with Crippen LogP contribution in [0.15, 0.2) is 12.3 Å². The first kappa shape index (κ1) is 15.1. The molecule has 1 aliphatic heterocycles. The van der Waals surface area contributed by atoms with Crippen molar-refractivity contribution in [3.05, 3.63) is 27.9 Å². The van der Waals surface area contributed by atoms with Crippen molar-refractivity contribution in [1.82, 2.24) is 15.2 Å². The molecule has 0 radical (unpaired) electrons. The number of rotatable bonds is 6. The minimum absolute atomic E-state index is 0.327. The van der Waals surface area contributed by atoms with Gasteiger partial charge in [0.2, 0.25) is 0 Å². The number of hydrogen-bond donors (Lipinski definition) is 3. The third-order valence-electron chi connectivity index (χ3n) is 3.25. The molecular weight excluding hydrogens is 278 g/mol. The van der Waals surface area contributed by atoms with Crippen LogP contribution < -0.4 is 10.6 Å². The summed E-state index contributed by atoms with van der Waals surface area (Å²) < 4.78 is 0. The van der Waals surface area contributed by atoms with E-state index >= 15 is 0 Å². The molecule has 0 spiro atoms. The van der Waals surface area contributed by atoms with E-state index in [1.807, 2.05) is 0 Å². The fourth-order valence-electron chi connectivity index (χ4n) is 2.14. The molecule has 2 rings (SSSR count). The predicted molar refractivity (Wildman–Crippen MR) is 75.7 cm³/mol. The standard InChI is InChI=1S/C12H17N5O4/c18-12(19)9-7-11(15-8-10(9)17(20)21)14-3-6-16-4-1-13-2-5-16/h7-8,13H,1-6H2,(H,14,15)(H,18,19). The highest BCUT2D eigenvalue weighted by atomic mass is 16.6. The molecule has 0 aliphatic carbocycles. The van der Waals surface area contributed by atoms with E-state index in [-0.39, 0.29) is 5.56 Å². The molecule has 1 aromatic heterocycles. The zero-order chi connectivity index (χ0) is 15.2. The smallest absolute Gasteiger partial charge is 0.342 e. The topological polar surface area (TPSA) is 121 Å². The van der Waals surface area contributed by atoms with E-state index in [9.17, 15) is 14.9 Å². The molecule has 0 atom stereocenters. The number of carboxylic acid groups (broad SMARTS) is 1. The van der Waals surface area contributed by atoms with Gasteiger partial charge in [0.05, 0.1) is 4.92 Å². The SMILES string of the molecule is O=C(O)c1cc(NCCN2CCNCC2)ncc1[N+](=O)[O-]. The lowest BCUT2D eigenvalue weighted by Gasteiger charge is -2.27. The van der Waals surface area contributed by atoms with Crippen LogP contribution in [0.5, 0.6) is 0 Å². The zero-order valence-corrected chi connectivity index (χ0v) is 11.4. The molecule has 21 heavy (non-hydrogen) atoms. The van der Waals surface area contributed by atoms with Crippen LogP contribution in [0.2, 0.25) is 0 Å². The lowest BCUT2D eigenvalue weighted by Crippen LogP contribution is -2.45. The summed E-state index contributed by atoms with van der Waals surface area (Å²) in [5.41, 5.74) is -0.866. The molecule has 3 N–H and O–H groups in total. The Labute approximate surface area is 121 Å². The Kier molecular flexibility index (Phi) is 5.01. The number of hydrogen-bond acceptors (Lipinski definition) is 7. The maximum atomic E-state index is 11.0. The summed E-state index contributed by atoms with van der Waals surface area (Å²) in [6.45, 7) is 5.26. The quantitative estimate of drug-likeness (QED) is 0.495. The van der Waals surface area contributed by atoms with Crippen LogP contribution in [0.25, 0.3) is 0 Å². The number of piperazine rings is 1. The number of carboxylic acids is 1. The normalized spacial score (nSPS) is 15.6. The fraction of sp³-hybridized carbons (Fsp3) is 0.500. The number of nitrogens with one attached hydrogen (secondary N) is 2. The molecule has 114 valence electrons. The first-order valence-electron chi connectivity index (χ1n) is 6.62. The van der Waals surface area contributed by atoms with Gasteiger partial charge in [-0.3, -0.25) is 15.0 Å². The molecule has 2 heterocycles. The molecule has 1 saturated heterocycles. The number of nitrogens with zero attached hydrogens (tertiary/aromatic N) is 3. The summed E-state index contributed by atoms with van der Waals surface area (Å²) in [4.78, 5) is 27.2. The first-order valence-corrected chi connectivity index (χ1v) is 6.62. The fourth-order valence-corrected chi connectivity index (χ4v) is 2.14. The van der Waals surface area contributed by atoms with Crippen LogP contribution in [-0.4, -0.2) is 65.2 Å². The van der Waals surface area contributed by atoms with Gasteiger partial charge in [-0.15, -0.1) is 0 Å². The second kappa shape index (κ2) is 6.95. The van der Waals surface area contributed by atoms with Gasteiger partial charge in [-0.05, 0) is 0 Å². The van der Waals surface area contributed by atoms with E-state index in [2.05, 4.69) is 20.5 Å². The van der Waals surface area contributed by atoms with E-state index in [0.717, 1.165) is 38.9 Å². The second-order valence-corrected chi connectivity index (χ2v) is 4.67. The van der Waals surface area contributed by atoms with E-state index in [4.69, 9.17) is 5.11 Å². The van der Waals surface area contributed by atoms with Gasteiger partial charge in [0.15, 0.2) is 0 Å². The number of pyridine rings is 1. The second-order valence-electron chi connectivity index (χ2n) is 4.67. The van der Waals surface area contributed by atoms with Crippen LogP contribution in [0, 0.1) is 10.1 Å². The van der Waals surface area contributed by atoms with Crippen LogP contribution in [0.4, 0.5) is 11.5 Å². The van der Waals surface area contributed by atoms with Gasteiger partial charge in [-0.25, -0.2) is 9.78 Å². The maximum absolute atomic E-state index is 11.0. The third kappa shape index (κ3) is 4.10. The molecule has 0 bridgehead atoms. The van der Waals surface area contributed by atoms with Crippen molar-refractivity contribution in [2.75, 3.05) is 44.6 Å². The summed E-state index contributed by atoms with van der Waals surface area (Å²) >= 11 is 0. The lowest BCUT2D eigenvalue weighted by molar-refractivity contribution is -0.385. The molecule has 0 amide bonds. The van der Waals surface area contributed by atoms with E-state index < -0.39 is 16.6 Å². The van der Waals surface area contributed by atoms with Gasteiger partial charge in [0, 0.05) is 45.3 Å². The van der Waals surface area contributed by atoms with Crippen molar-refractivity contribution < 1.29 is 14.8 Å². The average molecular weight is 295 g/mol. The Morgan fingerprint density at radius 2 is 2.24 bits per heavy atom. The summed E-state index contributed by atoms with van der Waals surface area (Å²) in [6, 6.07) is 1.19. The molecule has 1 aromatic rings. The molecule has 9 nitrogen and oxygen atoms in total. The van der Waals surface area contributed by atoms with E-state index in [1.54, 1.807) is 0 Å². The van der Waals surface area contributed by atoms with Gasteiger partial charge in [-0.2, -0.15) is 0 Å². The van der Waals surface area contributed by atoms with Gasteiger partial charge in [-0.1, -0.05) is 0 Å². The number of aromatic nitrogens is 1. The highest BCUT2D eigenvalue weighted by molar-refractivity contribution is 5.93.